The van der Waals surface area contributed by atoms with E-state index in [0.29, 0.717) is 6.42 Å². The van der Waals surface area contributed by atoms with Gasteiger partial charge in [-0.15, -0.1) is 25.3 Å². The molecule has 4 nitrogen and oxygen atoms in total. The van der Waals surface area contributed by atoms with Crippen molar-refractivity contribution in [1.29, 1.82) is 0 Å². The summed E-state index contributed by atoms with van der Waals surface area (Å²) in [7, 11) is 0. The third kappa shape index (κ3) is 4.95. The summed E-state index contributed by atoms with van der Waals surface area (Å²) in [4.78, 5) is 23.9. The summed E-state index contributed by atoms with van der Waals surface area (Å²) in [5.41, 5.74) is -0.268. The highest BCUT2D eigenvalue weighted by atomic mass is 32.1. The van der Waals surface area contributed by atoms with Crippen molar-refractivity contribution >= 4 is 37.2 Å². The molecule has 4 unspecified atom stereocenters. The van der Waals surface area contributed by atoms with Gasteiger partial charge in [-0.2, -0.15) is 0 Å². The van der Waals surface area contributed by atoms with E-state index in [1.165, 1.54) is 0 Å². The lowest BCUT2D eigenvalue weighted by Gasteiger charge is -2.26. The van der Waals surface area contributed by atoms with Crippen molar-refractivity contribution in [1.82, 2.24) is 0 Å². The molecule has 0 aromatic carbocycles. The van der Waals surface area contributed by atoms with Crippen molar-refractivity contribution in [3.8, 4) is 0 Å². The maximum atomic E-state index is 12.0. The van der Waals surface area contributed by atoms with Crippen molar-refractivity contribution in [3.05, 3.63) is 24.3 Å². The third-order valence-electron chi connectivity index (χ3n) is 2.60. The zero-order valence-corrected chi connectivity index (χ0v) is 12.7. The molecule has 0 fully saturated rings. The Labute approximate surface area is 124 Å². The van der Waals surface area contributed by atoms with Gasteiger partial charge in [0.05, 0.1) is 11.8 Å². The largest absolute Gasteiger partial charge is 0.452 e. The number of ether oxygens (including phenoxy) is 2. The summed E-state index contributed by atoms with van der Waals surface area (Å²) >= 11 is 8.00. The maximum absolute atomic E-state index is 12.0. The minimum absolute atomic E-state index is 0.372. The van der Waals surface area contributed by atoms with Gasteiger partial charge in [-0.3, -0.25) is 9.59 Å². The van der Waals surface area contributed by atoms with Crippen LogP contribution in [0.3, 0.4) is 0 Å². The second-order valence-corrected chi connectivity index (χ2v) is 5.88. The summed E-state index contributed by atoms with van der Waals surface area (Å²) in [6.45, 7) is 7.07. The normalized spacial score (nSPS) is 25.6. The molecule has 6 heteroatoms. The first-order valence-electron chi connectivity index (χ1n) is 5.94. The molecule has 0 amide bonds. The average molecular weight is 302 g/mol. The molecule has 1 aliphatic rings. The molecule has 0 bridgehead atoms. The molecule has 0 radical (unpaired) electrons. The fraction of sp³-hybridized carbons (Fsp3) is 0.538. The minimum atomic E-state index is -0.667. The van der Waals surface area contributed by atoms with Crippen LogP contribution in [0.5, 0.6) is 0 Å². The van der Waals surface area contributed by atoms with Crippen molar-refractivity contribution in [3.63, 3.8) is 0 Å². The summed E-state index contributed by atoms with van der Waals surface area (Å²) < 4.78 is 10.1. The molecule has 0 N–H and O–H groups in total. The molecule has 0 aromatic heterocycles. The fourth-order valence-corrected chi connectivity index (χ4v) is 2.03. The minimum Gasteiger partial charge on any atom is -0.452 e. The highest BCUT2D eigenvalue weighted by Crippen LogP contribution is 2.30. The second kappa shape index (κ2) is 7.05. The van der Waals surface area contributed by atoms with Gasteiger partial charge < -0.3 is 9.47 Å². The van der Waals surface area contributed by atoms with Gasteiger partial charge in [0, 0.05) is 0 Å². The number of hydrogen-bond acceptors (Lipinski definition) is 6. The van der Waals surface area contributed by atoms with E-state index in [9.17, 15) is 9.59 Å². The lowest BCUT2D eigenvalue weighted by molar-refractivity contribution is -0.160. The van der Waals surface area contributed by atoms with Crippen LogP contribution in [0.25, 0.3) is 0 Å². The molecule has 0 saturated carbocycles. The molecule has 19 heavy (non-hydrogen) atoms. The van der Waals surface area contributed by atoms with E-state index in [0.717, 1.165) is 5.57 Å². The third-order valence-corrected chi connectivity index (χ3v) is 2.81. The maximum Gasteiger partial charge on any atom is 0.314 e. The molecule has 106 valence electrons. The van der Waals surface area contributed by atoms with Gasteiger partial charge in [-0.05, 0) is 20.3 Å². The van der Waals surface area contributed by atoms with Crippen molar-refractivity contribution in [2.45, 2.75) is 31.1 Å². The van der Waals surface area contributed by atoms with E-state index in [-0.39, 0.29) is 0 Å². The molecule has 1 rings (SSSR count). The van der Waals surface area contributed by atoms with E-state index >= 15 is 0 Å². The van der Waals surface area contributed by atoms with E-state index in [4.69, 9.17) is 9.47 Å². The molecule has 0 saturated heterocycles. The molecular weight excluding hydrogens is 284 g/mol. The Hall–Kier alpha value is -0.880. The SMILES string of the molecule is C=C1C=CC(C(=O)OC(C)S)C(C(=O)OC(C)S)C1. The fourth-order valence-electron chi connectivity index (χ4n) is 1.83. The Balaban J connectivity index is 2.85. The quantitative estimate of drug-likeness (QED) is 0.475. The molecular formula is C13H18O4S2. The van der Waals surface area contributed by atoms with Crippen LogP contribution >= 0.6 is 25.3 Å². The number of esters is 2. The monoisotopic (exact) mass is 302 g/mol. The lowest BCUT2D eigenvalue weighted by Crippen LogP contribution is -2.34. The van der Waals surface area contributed by atoms with Crippen LogP contribution in [0.4, 0.5) is 0 Å². The highest BCUT2D eigenvalue weighted by molar-refractivity contribution is 7.80. The predicted molar refractivity (Wildman–Crippen MR) is 79.0 cm³/mol. The van der Waals surface area contributed by atoms with Gasteiger partial charge in [0.25, 0.3) is 0 Å². The summed E-state index contributed by atoms with van der Waals surface area (Å²) in [5.74, 6) is -2.24. The van der Waals surface area contributed by atoms with Crippen LogP contribution in [0.1, 0.15) is 20.3 Å². The first-order valence-corrected chi connectivity index (χ1v) is 6.97. The Morgan fingerprint density at radius 1 is 1.26 bits per heavy atom. The average Bonchev–Trinajstić information content (AvgIpc) is 2.26. The van der Waals surface area contributed by atoms with Crippen molar-refractivity contribution in [2.75, 3.05) is 0 Å². The zero-order chi connectivity index (χ0) is 14.6. The number of hydrogen-bond donors (Lipinski definition) is 2. The Bertz CT molecular complexity index is 401. The molecule has 0 aromatic rings. The van der Waals surface area contributed by atoms with E-state index in [1.54, 1.807) is 26.0 Å². The lowest BCUT2D eigenvalue weighted by atomic mass is 9.82. The van der Waals surface area contributed by atoms with Crippen LogP contribution in [0.15, 0.2) is 24.3 Å². The Morgan fingerprint density at radius 2 is 1.79 bits per heavy atom. The van der Waals surface area contributed by atoms with Gasteiger partial charge in [0.15, 0.2) is 0 Å². The van der Waals surface area contributed by atoms with Crippen molar-refractivity contribution < 1.29 is 19.1 Å². The van der Waals surface area contributed by atoms with Crippen molar-refractivity contribution in [2.24, 2.45) is 11.8 Å². The first-order chi connectivity index (χ1) is 8.81. The summed E-state index contributed by atoms with van der Waals surface area (Å²) in [6, 6.07) is 0. The second-order valence-electron chi connectivity index (χ2n) is 4.43. The van der Waals surface area contributed by atoms with Crippen LogP contribution in [-0.4, -0.2) is 22.8 Å². The molecule has 4 atom stereocenters. The zero-order valence-electron chi connectivity index (χ0n) is 10.9. The number of carbonyl (C=O) groups excluding carboxylic acids is 2. The summed E-state index contributed by atoms with van der Waals surface area (Å²) in [6.07, 6.45) is 3.72. The van der Waals surface area contributed by atoms with Crippen LogP contribution in [0, 0.1) is 11.8 Å². The van der Waals surface area contributed by atoms with Gasteiger partial charge in [-0.25, -0.2) is 0 Å². The summed E-state index contributed by atoms with van der Waals surface area (Å²) in [5, 5.41) is 0. The predicted octanol–water partition coefficient (Wildman–Crippen LogP) is 2.37. The van der Waals surface area contributed by atoms with Crippen LogP contribution in [0.2, 0.25) is 0 Å². The van der Waals surface area contributed by atoms with E-state index in [1.807, 2.05) is 0 Å². The van der Waals surface area contributed by atoms with E-state index in [2.05, 4.69) is 31.8 Å². The topological polar surface area (TPSA) is 52.6 Å². The molecule has 0 aliphatic heterocycles. The van der Waals surface area contributed by atoms with E-state index < -0.39 is 34.6 Å². The Morgan fingerprint density at radius 3 is 2.32 bits per heavy atom. The number of carbonyl (C=O) groups is 2. The molecule has 0 spiro atoms. The van der Waals surface area contributed by atoms with Gasteiger partial charge in [0.1, 0.15) is 10.9 Å². The van der Waals surface area contributed by atoms with Gasteiger partial charge in [0.2, 0.25) is 0 Å². The smallest absolute Gasteiger partial charge is 0.314 e. The van der Waals surface area contributed by atoms with Crippen LogP contribution in [-0.2, 0) is 19.1 Å². The Kier molecular flexibility index (Phi) is 6.00. The number of allylic oxidation sites excluding steroid dienone is 2. The molecule has 1 aliphatic carbocycles. The highest BCUT2D eigenvalue weighted by Gasteiger charge is 2.37. The first kappa shape index (κ1) is 16.2. The standard InChI is InChI=1S/C13H18O4S2/c1-7-4-5-10(12(14)16-8(2)18)11(6-7)13(15)17-9(3)19/h4-5,8-11,18-19H,1,6H2,2-3H3. The van der Waals surface area contributed by atoms with Gasteiger partial charge >= 0.3 is 11.9 Å². The number of thiol groups is 2. The van der Waals surface area contributed by atoms with Gasteiger partial charge in [-0.1, -0.05) is 24.3 Å². The molecule has 0 heterocycles. The van der Waals surface area contributed by atoms with Crippen LogP contribution < -0.4 is 0 Å². The number of rotatable bonds is 4.